The molecule has 0 aromatic rings. The number of piperazine rings is 1. The molecule has 0 saturated carbocycles. The average molecular weight is 154 g/mol. The zero-order valence-corrected chi connectivity index (χ0v) is 6.82. The van der Waals surface area contributed by atoms with Crippen LogP contribution in [0.15, 0.2) is 17.8 Å². The van der Waals surface area contributed by atoms with E-state index >= 15 is 0 Å². The second-order valence-corrected chi connectivity index (χ2v) is 2.66. The zero-order chi connectivity index (χ0) is 8.27. The molecule has 0 aromatic carbocycles. The van der Waals surface area contributed by atoms with E-state index in [4.69, 9.17) is 5.84 Å². The number of likely N-dealkylation sites (N-methyl/N-ethyl adjacent to an activating group) is 1. The number of hydrazine groups is 1. The molecule has 0 bridgehead atoms. The summed E-state index contributed by atoms with van der Waals surface area (Å²) < 4.78 is 0. The van der Waals surface area contributed by atoms with Crippen LogP contribution in [-0.2, 0) is 0 Å². The highest BCUT2D eigenvalue weighted by molar-refractivity contribution is 5.84. The molecule has 11 heavy (non-hydrogen) atoms. The van der Waals surface area contributed by atoms with Gasteiger partial charge in [0.1, 0.15) is 5.84 Å². The molecule has 1 rings (SSSR count). The molecule has 62 valence electrons. The average Bonchev–Trinajstić information content (AvgIpc) is 1.98. The van der Waals surface area contributed by atoms with Crippen molar-refractivity contribution in [3.63, 3.8) is 0 Å². The minimum atomic E-state index is 0.808. The van der Waals surface area contributed by atoms with Crippen molar-refractivity contribution in [1.82, 2.24) is 9.91 Å². The van der Waals surface area contributed by atoms with Crippen molar-refractivity contribution in [2.75, 3.05) is 26.7 Å². The van der Waals surface area contributed by atoms with Crippen LogP contribution in [0, 0.1) is 0 Å². The molecule has 2 N–H and O–H groups in total. The number of hydrogen-bond acceptors (Lipinski definition) is 3. The van der Waals surface area contributed by atoms with Crippen LogP contribution in [0.5, 0.6) is 0 Å². The lowest BCUT2D eigenvalue weighted by molar-refractivity contribution is 0.268. The van der Waals surface area contributed by atoms with Crippen molar-refractivity contribution in [2.45, 2.75) is 0 Å². The Kier molecular flexibility index (Phi) is 2.62. The Bertz CT molecular complexity index is 175. The molecule has 0 unspecified atom stereocenters. The molecule has 0 amide bonds. The van der Waals surface area contributed by atoms with Crippen molar-refractivity contribution in [3.8, 4) is 0 Å². The summed E-state index contributed by atoms with van der Waals surface area (Å²) >= 11 is 0. The minimum Gasteiger partial charge on any atom is -0.297 e. The highest BCUT2D eigenvalue weighted by atomic mass is 15.5. The molecule has 1 aliphatic heterocycles. The second kappa shape index (κ2) is 3.50. The van der Waals surface area contributed by atoms with Gasteiger partial charge in [-0.15, -0.1) is 0 Å². The van der Waals surface area contributed by atoms with Crippen LogP contribution >= 0.6 is 0 Å². The lowest BCUT2D eigenvalue weighted by atomic mass is 10.3. The van der Waals surface area contributed by atoms with Crippen LogP contribution in [0.4, 0.5) is 0 Å². The van der Waals surface area contributed by atoms with E-state index in [-0.39, 0.29) is 0 Å². The van der Waals surface area contributed by atoms with Gasteiger partial charge in [0.05, 0.1) is 6.54 Å². The Balaban J connectivity index is 2.61. The Morgan fingerprint density at radius 1 is 1.64 bits per heavy atom. The number of aliphatic imine (C=N–C) groups is 1. The van der Waals surface area contributed by atoms with Gasteiger partial charge < -0.3 is 0 Å². The van der Waals surface area contributed by atoms with E-state index in [1.807, 2.05) is 7.05 Å². The molecule has 0 aromatic heterocycles. The first-order chi connectivity index (χ1) is 5.24. The monoisotopic (exact) mass is 154 g/mol. The lowest BCUT2D eigenvalue weighted by Crippen LogP contribution is -2.52. The normalized spacial score (nSPS) is 24.2. The Hall–Kier alpha value is -0.870. The summed E-state index contributed by atoms with van der Waals surface area (Å²) in [5.41, 5.74) is 0. The highest BCUT2D eigenvalue weighted by Gasteiger charge is 2.15. The Morgan fingerprint density at radius 2 is 2.36 bits per heavy atom. The van der Waals surface area contributed by atoms with Gasteiger partial charge >= 0.3 is 0 Å². The molecular formula is C7H14N4. The van der Waals surface area contributed by atoms with E-state index in [1.165, 1.54) is 6.20 Å². The van der Waals surface area contributed by atoms with Gasteiger partial charge in [-0.1, -0.05) is 6.58 Å². The second-order valence-electron chi connectivity index (χ2n) is 2.66. The molecule has 1 aliphatic rings. The lowest BCUT2D eigenvalue weighted by Gasteiger charge is -2.31. The van der Waals surface area contributed by atoms with E-state index < -0.39 is 0 Å². The van der Waals surface area contributed by atoms with Gasteiger partial charge in [-0.25, -0.2) is 10.8 Å². The van der Waals surface area contributed by atoms with E-state index in [1.54, 1.807) is 5.01 Å². The molecular weight excluding hydrogens is 140 g/mol. The third kappa shape index (κ3) is 2.03. The third-order valence-corrected chi connectivity index (χ3v) is 1.71. The molecule has 1 heterocycles. The maximum absolute atomic E-state index is 5.66. The Labute approximate surface area is 67.0 Å². The van der Waals surface area contributed by atoms with Crippen molar-refractivity contribution in [2.24, 2.45) is 10.8 Å². The first kappa shape index (κ1) is 8.23. The molecule has 1 fully saturated rings. The van der Waals surface area contributed by atoms with Crippen molar-refractivity contribution >= 4 is 5.84 Å². The highest BCUT2D eigenvalue weighted by Crippen LogP contribution is 1.97. The summed E-state index contributed by atoms with van der Waals surface area (Å²) in [7, 11) is 2.05. The summed E-state index contributed by atoms with van der Waals surface area (Å²) in [4.78, 5) is 6.23. The van der Waals surface area contributed by atoms with Crippen LogP contribution in [-0.4, -0.2) is 42.4 Å². The van der Waals surface area contributed by atoms with Gasteiger partial charge in [0.25, 0.3) is 0 Å². The minimum absolute atomic E-state index is 0.808. The van der Waals surface area contributed by atoms with Crippen molar-refractivity contribution in [1.29, 1.82) is 0 Å². The smallest absolute Gasteiger partial charge is 0.132 e. The maximum Gasteiger partial charge on any atom is 0.132 e. The van der Waals surface area contributed by atoms with Crippen LogP contribution in [0.1, 0.15) is 0 Å². The van der Waals surface area contributed by atoms with Crippen LogP contribution in [0.25, 0.3) is 0 Å². The van der Waals surface area contributed by atoms with Gasteiger partial charge in [0, 0.05) is 19.3 Å². The van der Waals surface area contributed by atoms with Gasteiger partial charge in [0.2, 0.25) is 0 Å². The summed E-state index contributed by atoms with van der Waals surface area (Å²) in [6, 6.07) is 0. The van der Waals surface area contributed by atoms with E-state index in [2.05, 4.69) is 16.5 Å². The van der Waals surface area contributed by atoms with E-state index in [0.717, 1.165) is 25.5 Å². The van der Waals surface area contributed by atoms with Crippen LogP contribution < -0.4 is 5.84 Å². The topological polar surface area (TPSA) is 44.9 Å². The molecule has 4 nitrogen and oxygen atoms in total. The summed E-state index contributed by atoms with van der Waals surface area (Å²) in [5.74, 6) is 6.54. The van der Waals surface area contributed by atoms with Crippen LogP contribution in [0.2, 0.25) is 0 Å². The van der Waals surface area contributed by atoms with Gasteiger partial charge in [-0.3, -0.25) is 9.91 Å². The quantitative estimate of drug-likeness (QED) is 0.525. The zero-order valence-electron chi connectivity index (χ0n) is 6.82. The number of hydrogen-bond donors (Lipinski definition) is 1. The molecule has 4 heteroatoms. The summed E-state index contributed by atoms with van der Waals surface area (Å²) in [5, 5.41) is 1.67. The fraction of sp³-hybridized carbons (Fsp3) is 0.571. The van der Waals surface area contributed by atoms with Crippen molar-refractivity contribution < 1.29 is 0 Å². The predicted octanol–water partition coefficient (Wildman–Crippen LogP) is -0.350. The Morgan fingerprint density at radius 3 is 3.00 bits per heavy atom. The fourth-order valence-corrected chi connectivity index (χ4v) is 1.04. The maximum atomic E-state index is 5.66. The number of nitrogens with two attached hydrogens (primary N) is 1. The van der Waals surface area contributed by atoms with Gasteiger partial charge in [0.15, 0.2) is 0 Å². The standard InChI is InChI=1S/C7H14N4/c1-3-9-7-6-10(2)4-5-11(7)8/h3H,1,4-6,8H2,2H3. The third-order valence-electron chi connectivity index (χ3n) is 1.71. The van der Waals surface area contributed by atoms with E-state index in [9.17, 15) is 0 Å². The number of nitrogens with zero attached hydrogens (tertiary/aromatic N) is 3. The number of rotatable bonds is 1. The predicted molar refractivity (Wildman–Crippen MR) is 46.0 cm³/mol. The first-order valence-electron chi connectivity index (χ1n) is 3.62. The SMILES string of the molecule is C=CN=C1CN(C)CCN1N. The van der Waals surface area contributed by atoms with Gasteiger partial charge in [-0.2, -0.15) is 0 Å². The summed E-state index contributed by atoms with van der Waals surface area (Å²) in [6.07, 6.45) is 1.52. The largest absolute Gasteiger partial charge is 0.297 e. The van der Waals surface area contributed by atoms with Crippen molar-refractivity contribution in [3.05, 3.63) is 12.8 Å². The molecule has 0 aliphatic carbocycles. The first-order valence-corrected chi connectivity index (χ1v) is 3.62. The molecule has 0 atom stereocenters. The van der Waals surface area contributed by atoms with Crippen LogP contribution in [0.3, 0.4) is 0 Å². The van der Waals surface area contributed by atoms with Gasteiger partial charge in [-0.05, 0) is 7.05 Å². The van der Waals surface area contributed by atoms with E-state index in [0.29, 0.717) is 0 Å². The fourth-order valence-electron chi connectivity index (χ4n) is 1.04. The number of amidine groups is 1. The molecule has 0 radical (unpaired) electrons. The summed E-state index contributed by atoms with van der Waals surface area (Å²) in [6.45, 7) is 6.16. The molecule has 0 spiro atoms. The molecule has 1 saturated heterocycles.